The van der Waals surface area contributed by atoms with Gasteiger partial charge in [-0.05, 0) is 25.5 Å². The molecule has 1 atom stereocenters. The predicted molar refractivity (Wildman–Crippen MR) is 104 cm³/mol. The predicted octanol–water partition coefficient (Wildman–Crippen LogP) is 2.42. The molecule has 3 rings (SSSR count). The van der Waals surface area contributed by atoms with Crippen LogP contribution in [0.2, 0.25) is 5.02 Å². The lowest BCUT2D eigenvalue weighted by Crippen LogP contribution is -2.45. The van der Waals surface area contributed by atoms with Gasteiger partial charge in [0, 0.05) is 34.5 Å². The van der Waals surface area contributed by atoms with E-state index in [9.17, 15) is 4.79 Å². The molecular weight excluding hydrogens is 384 g/mol. The van der Waals surface area contributed by atoms with Crippen LogP contribution in [0.5, 0.6) is 0 Å². The first-order chi connectivity index (χ1) is 13.5. The summed E-state index contributed by atoms with van der Waals surface area (Å²) in [6, 6.07) is 7.39. The number of halogens is 1. The van der Waals surface area contributed by atoms with E-state index in [-0.39, 0.29) is 12.9 Å². The molecule has 2 heterocycles. The molecule has 0 saturated carbocycles. The van der Waals surface area contributed by atoms with Crippen molar-refractivity contribution in [1.29, 1.82) is 0 Å². The Hall–Kier alpha value is -1.90. The third-order valence-electron chi connectivity index (χ3n) is 4.71. The molecule has 0 bridgehead atoms. The molecule has 0 amide bonds. The fourth-order valence-electron chi connectivity index (χ4n) is 3.49. The Kier molecular flexibility index (Phi) is 6.74. The molecule has 3 N–H and O–H groups in total. The molecule has 1 saturated heterocycles. The molecule has 1 unspecified atom stereocenters. The van der Waals surface area contributed by atoms with Crippen LogP contribution in [0, 0.1) is 0 Å². The van der Waals surface area contributed by atoms with Crippen molar-refractivity contribution >= 4 is 17.6 Å². The number of methoxy groups -OCH3 is 1. The van der Waals surface area contributed by atoms with Crippen molar-refractivity contribution < 1.29 is 23.7 Å². The van der Waals surface area contributed by atoms with Crippen LogP contribution in [0.1, 0.15) is 25.3 Å². The number of esters is 1. The van der Waals surface area contributed by atoms with E-state index < -0.39 is 18.2 Å². The van der Waals surface area contributed by atoms with Gasteiger partial charge in [0.05, 0.1) is 25.9 Å². The number of allylic oxidation sites excluding steroid dienone is 1. The minimum atomic E-state index is -0.618. The molecule has 152 valence electrons. The molecule has 1 aromatic carbocycles. The van der Waals surface area contributed by atoms with Gasteiger partial charge in [-0.1, -0.05) is 29.8 Å². The summed E-state index contributed by atoms with van der Waals surface area (Å²) < 4.78 is 22.3. The van der Waals surface area contributed by atoms with Crippen molar-refractivity contribution in [2.75, 3.05) is 26.9 Å². The Labute approximate surface area is 169 Å². The molecule has 0 spiro atoms. The minimum absolute atomic E-state index is 0.275. The Bertz CT molecular complexity index is 802. The van der Waals surface area contributed by atoms with E-state index in [0.29, 0.717) is 29.4 Å². The fraction of sp³-hybridized carbons (Fsp3) is 0.450. The third-order valence-corrected chi connectivity index (χ3v) is 5.05. The Balaban J connectivity index is 2.12. The smallest absolute Gasteiger partial charge is 0.336 e. The molecule has 0 aromatic heterocycles. The van der Waals surface area contributed by atoms with E-state index >= 15 is 0 Å². The number of dihydropyridines is 1. The monoisotopic (exact) mass is 408 g/mol. The maximum Gasteiger partial charge on any atom is 0.336 e. The maximum atomic E-state index is 12.7. The average Bonchev–Trinajstić information content (AvgIpc) is 2.65. The van der Waals surface area contributed by atoms with Gasteiger partial charge in [0.2, 0.25) is 0 Å². The van der Waals surface area contributed by atoms with E-state index in [2.05, 4.69) is 5.32 Å². The average molecular weight is 409 g/mol. The molecule has 2 aliphatic heterocycles. The van der Waals surface area contributed by atoms with Crippen molar-refractivity contribution in [2.24, 2.45) is 5.73 Å². The molecule has 28 heavy (non-hydrogen) atoms. The summed E-state index contributed by atoms with van der Waals surface area (Å²) in [5.41, 5.74) is 8.94. The summed E-state index contributed by atoms with van der Waals surface area (Å²) >= 11 is 6.51. The molecule has 0 aliphatic carbocycles. The largest absolute Gasteiger partial charge is 0.466 e. The highest BCUT2D eigenvalue weighted by molar-refractivity contribution is 6.31. The highest BCUT2D eigenvalue weighted by Crippen LogP contribution is 2.45. The van der Waals surface area contributed by atoms with Crippen LogP contribution < -0.4 is 11.1 Å². The van der Waals surface area contributed by atoms with Gasteiger partial charge in [0.15, 0.2) is 12.6 Å². The van der Waals surface area contributed by atoms with Crippen molar-refractivity contribution in [1.82, 2.24) is 5.32 Å². The van der Waals surface area contributed by atoms with Crippen molar-refractivity contribution in [2.45, 2.75) is 32.3 Å². The minimum Gasteiger partial charge on any atom is -0.466 e. The SMILES string of the molecule is COC(=O)C1=C(C)NC(COCCN)=C(C2OC(C)O2)C1c1ccccc1Cl. The number of nitrogens with two attached hydrogens (primary N) is 1. The lowest BCUT2D eigenvalue weighted by Gasteiger charge is -2.42. The quantitative estimate of drug-likeness (QED) is 0.528. The number of benzene rings is 1. The fourth-order valence-corrected chi connectivity index (χ4v) is 3.73. The number of hydrogen-bond acceptors (Lipinski definition) is 7. The lowest BCUT2D eigenvalue weighted by molar-refractivity contribution is -0.360. The Morgan fingerprint density at radius 1 is 1.32 bits per heavy atom. The number of nitrogens with one attached hydrogen (secondary N) is 1. The maximum absolute atomic E-state index is 12.7. The summed E-state index contributed by atoms with van der Waals surface area (Å²) in [7, 11) is 1.36. The summed E-state index contributed by atoms with van der Waals surface area (Å²) in [5.74, 6) is -0.932. The lowest BCUT2D eigenvalue weighted by atomic mass is 9.79. The zero-order valence-corrected chi connectivity index (χ0v) is 16.9. The molecule has 8 heteroatoms. The van der Waals surface area contributed by atoms with Gasteiger partial charge < -0.3 is 30.0 Å². The van der Waals surface area contributed by atoms with Gasteiger partial charge in [0.1, 0.15) is 0 Å². The topological polar surface area (TPSA) is 92.0 Å². The van der Waals surface area contributed by atoms with Gasteiger partial charge >= 0.3 is 5.97 Å². The second kappa shape index (κ2) is 9.07. The van der Waals surface area contributed by atoms with E-state index in [0.717, 1.165) is 16.8 Å². The summed E-state index contributed by atoms with van der Waals surface area (Å²) in [5, 5.41) is 3.80. The van der Waals surface area contributed by atoms with Crippen molar-refractivity contribution in [3.8, 4) is 0 Å². The number of carbonyl (C=O) groups is 1. The standard InChI is InChI=1S/C20H25ClN2O5/c1-11-16(19(24)25-3)17(13-6-4-5-7-14(13)21)18(20-27-12(2)28-20)15(23-11)10-26-9-8-22/h4-7,12,17,20,23H,8-10,22H2,1-3H3. The van der Waals surface area contributed by atoms with Gasteiger partial charge in [0.25, 0.3) is 0 Å². The van der Waals surface area contributed by atoms with Crippen molar-refractivity contribution in [3.05, 3.63) is 57.4 Å². The van der Waals surface area contributed by atoms with Gasteiger partial charge in [-0.25, -0.2) is 4.79 Å². The van der Waals surface area contributed by atoms with Gasteiger partial charge in [-0.15, -0.1) is 0 Å². The van der Waals surface area contributed by atoms with Crippen LogP contribution in [0.3, 0.4) is 0 Å². The van der Waals surface area contributed by atoms with Crippen LogP contribution >= 0.6 is 11.6 Å². The normalized spacial score (nSPS) is 24.7. The summed E-state index contributed by atoms with van der Waals surface area (Å²) in [4.78, 5) is 12.7. The highest BCUT2D eigenvalue weighted by Gasteiger charge is 2.43. The van der Waals surface area contributed by atoms with Crippen LogP contribution in [0.4, 0.5) is 0 Å². The zero-order valence-electron chi connectivity index (χ0n) is 16.2. The molecule has 1 aromatic rings. The molecular formula is C20H25ClN2O5. The third kappa shape index (κ3) is 4.09. The number of carbonyl (C=O) groups excluding carboxylic acids is 1. The second-order valence-corrected chi connectivity index (χ2v) is 6.96. The first-order valence-electron chi connectivity index (χ1n) is 9.10. The Morgan fingerprint density at radius 3 is 2.64 bits per heavy atom. The number of hydrogen-bond donors (Lipinski definition) is 2. The molecule has 7 nitrogen and oxygen atoms in total. The molecule has 0 radical (unpaired) electrons. The van der Waals surface area contributed by atoms with E-state index in [1.807, 2.05) is 32.0 Å². The highest BCUT2D eigenvalue weighted by atomic mass is 35.5. The molecule has 1 fully saturated rings. The second-order valence-electron chi connectivity index (χ2n) is 6.56. The summed E-state index contributed by atoms with van der Waals surface area (Å²) in [6.45, 7) is 4.72. The number of rotatable bonds is 7. The van der Waals surface area contributed by atoms with Gasteiger partial charge in [-0.3, -0.25) is 0 Å². The number of ether oxygens (including phenoxy) is 4. The summed E-state index contributed by atoms with van der Waals surface area (Å²) in [6.07, 6.45) is -0.947. The van der Waals surface area contributed by atoms with Crippen LogP contribution in [0.15, 0.2) is 46.8 Å². The Morgan fingerprint density at radius 2 is 2.04 bits per heavy atom. The van der Waals surface area contributed by atoms with Gasteiger partial charge in [-0.2, -0.15) is 0 Å². The zero-order chi connectivity index (χ0) is 20.3. The van der Waals surface area contributed by atoms with E-state index in [1.165, 1.54) is 7.11 Å². The van der Waals surface area contributed by atoms with Crippen LogP contribution in [-0.2, 0) is 23.7 Å². The van der Waals surface area contributed by atoms with Crippen LogP contribution in [-0.4, -0.2) is 45.4 Å². The van der Waals surface area contributed by atoms with E-state index in [4.69, 9.17) is 36.3 Å². The first kappa shape index (κ1) is 20.8. The first-order valence-corrected chi connectivity index (χ1v) is 9.47. The van der Waals surface area contributed by atoms with E-state index in [1.54, 1.807) is 6.07 Å². The van der Waals surface area contributed by atoms with Crippen molar-refractivity contribution in [3.63, 3.8) is 0 Å². The molecule has 2 aliphatic rings. The van der Waals surface area contributed by atoms with Crippen LogP contribution in [0.25, 0.3) is 0 Å².